The predicted molar refractivity (Wildman–Crippen MR) is 178 cm³/mol. The average molecular weight is 692 g/mol. The molecule has 2 aromatic carbocycles. The van der Waals surface area contributed by atoms with E-state index in [1.807, 2.05) is 0 Å². The van der Waals surface area contributed by atoms with Crippen LogP contribution in [0.3, 0.4) is 0 Å². The third kappa shape index (κ3) is 13.9. The number of carbonyl (C=O) groups excluding carboxylic acids is 4. The summed E-state index contributed by atoms with van der Waals surface area (Å²) in [6, 6.07) is 13.0. The fraction of sp³-hybridized carbons (Fsp3) is 0.375. The molecule has 0 saturated carbocycles. The normalized spacial score (nSPS) is 11.4. The van der Waals surface area contributed by atoms with E-state index in [0.29, 0.717) is 31.6 Å². The lowest BCUT2D eigenvalue weighted by Gasteiger charge is -2.19. The quantitative estimate of drug-likeness (QED) is 0.0452. The summed E-state index contributed by atoms with van der Waals surface area (Å²) in [6.45, 7) is 9.47. The monoisotopic (exact) mass is 691 g/mol. The van der Waals surface area contributed by atoms with Crippen LogP contribution in [0.1, 0.15) is 32.6 Å². The van der Waals surface area contributed by atoms with Gasteiger partial charge >= 0.3 is 24.0 Å². The van der Waals surface area contributed by atoms with Crippen LogP contribution in [0.25, 0.3) is 0 Å². The van der Waals surface area contributed by atoms with E-state index < -0.39 is 18.0 Å². The minimum Gasteiger partial charge on any atom is -0.466 e. The SMILES string of the molecule is C=CC(=O)OCCCC(=O)OCCCSc1ccc2c(c1)Sc1ccc(SCCCOC(=O)NCCOC(=O)C(=C)C)cc1S2. The van der Waals surface area contributed by atoms with E-state index in [9.17, 15) is 19.2 Å². The standard InChI is InChI=1S/C32H37NO8S4/c1-4-29(34)38-14-5-8-30(35)39-15-6-18-42-23-9-11-25-27(20-23)44-26-12-10-24(21-28(26)45-25)43-19-7-16-41-32(37)33-13-17-40-31(36)22(2)3/h4,9-12,20-21H,1-2,5-8,13-19H2,3H3,(H,33,37). The van der Waals surface area contributed by atoms with Crippen molar-refractivity contribution in [2.75, 3.05) is 44.5 Å². The van der Waals surface area contributed by atoms with Crippen molar-refractivity contribution in [3.05, 3.63) is 61.2 Å². The number of rotatable bonds is 19. The van der Waals surface area contributed by atoms with Crippen molar-refractivity contribution in [2.45, 2.75) is 62.0 Å². The Morgan fingerprint density at radius 3 is 1.93 bits per heavy atom. The molecule has 2 aromatic rings. The molecule has 9 nitrogen and oxygen atoms in total. The molecule has 0 bridgehead atoms. The molecule has 45 heavy (non-hydrogen) atoms. The van der Waals surface area contributed by atoms with Crippen LogP contribution in [0.2, 0.25) is 0 Å². The van der Waals surface area contributed by atoms with Gasteiger partial charge in [-0.05, 0) is 62.6 Å². The second-order valence-electron chi connectivity index (χ2n) is 9.50. The number of fused-ring (bicyclic) bond motifs is 2. The molecular formula is C32H37NO8S4. The minimum atomic E-state index is -0.534. The van der Waals surface area contributed by atoms with Crippen LogP contribution in [0.4, 0.5) is 4.79 Å². The molecular weight excluding hydrogens is 655 g/mol. The van der Waals surface area contributed by atoms with Gasteiger partial charge in [-0.1, -0.05) is 36.7 Å². The summed E-state index contributed by atoms with van der Waals surface area (Å²) in [5.41, 5.74) is 0.313. The zero-order valence-electron chi connectivity index (χ0n) is 25.1. The number of thioether (sulfide) groups is 2. The van der Waals surface area contributed by atoms with Crippen molar-refractivity contribution < 1.29 is 38.1 Å². The highest BCUT2D eigenvalue weighted by atomic mass is 32.2. The highest BCUT2D eigenvalue weighted by molar-refractivity contribution is 8.05. The number of carbonyl (C=O) groups is 4. The van der Waals surface area contributed by atoms with Gasteiger partial charge in [0.2, 0.25) is 0 Å². The zero-order valence-corrected chi connectivity index (χ0v) is 28.4. The molecule has 0 atom stereocenters. The number of hydrogen-bond acceptors (Lipinski definition) is 12. The van der Waals surface area contributed by atoms with Crippen LogP contribution in [0.5, 0.6) is 0 Å². The van der Waals surface area contributed by atoms with Crippen LogP contribution in [-0.2, 0) is 33.3 Å². The number of hydrogen-bond donors (Lipinski definition) is 1. The summed E-state index contributed by atoms with van der Waals surface area (Å²) in [6.07, 6.45) is 2.67. The van der Waals surface area contributed by atoms with Crippen molar-refractivity contribution in [3.8, 4) is 0 Å². The first kappa shape index (κ1) is 36.5. The van der Waals surface area contributed by atoms with Gasteiger partial charge in [0.15, 0.2) is 0 Å². The van der Waals surface area contributed by atoms with Gasteiger partial charge in [0.25, 0.3) is 0 Å². The van der Waals surface area contributed by atoms with Crippen LogP contribution < -0.4 is 5.32 Å². The summed E-state index contributed by atoms with van der Waals surface area (Å²) < 4.78 is 20.2. The maximum Gasteiger partial charge on any atom is 0.407 e. The summed E-state index contributed by atoms with van der Waals surface area (Å²) in [5, 5.41) is 2.55. The smallest absolute Gasteiger partial charge is 0.407 e. The third-order valence-electron chi connectivity index (χ3n) is 5.77. The highest BCUT2D eigenvalue weighted by Gasteiger charge is 2.18. The van der Waals surface area contributed by atoms with E-state index in [4.69, 9.17) is 18.9 Å². The molecule has 13 heteroatoms. The molecule has 1 aliphatic heterocycles. The molecule has 0 saturated heterocycles. The first-order valence-electron chi connectivity index (χ1n) is 14.3. The van der Waals surface area contributed by atoms with Gasteiger partial charge in [0.1, 0.15) is 6.61 Å². The number of amides is 1. The van der Waals surface area contributed by atoms with Gasteiger partial charge in [0, 0.05) is 58.9 Å². The number of alkyl carbamates (subject to hydrolysis) is 1. The molecule has 0 aliphatic carbocycles. The van der Waals surface area contributed by atoms with Gasteiger partial charge in [0.05, 0.1) is 26.4 Å². The van der Waals surface area contributed by atoms with Crippen LogP contribution >= 0.6 is 47.0 Å². The second kappa shape index (κ2) is 20.2. The van der Waals surface area contributed by atoms with Crippen LogP contribution in [0.15, 0.2) is 90.6 Å². The first-order chi connectivity index (χ1) is 21.7. The van der Waals surface area contributed by atoms with E-state index in [-0.39, 0.29) is 32.1 Å². The van der Waals surface area contributed by atoms with E-state index in [1.165, 1.54) is 24.5 Å². The zero-order chi connectivity index (χ0) is 32.4. The van der Waals surface area contributed by atoms with Crippen LogP contribution in [-0.4, -0.2) is 68.5 Å². The molecule has 1 aliphatic rings. The van der Waals surface area contributed by atoms with Gasteiger partial charge in [-0.2, -0.15) is 0 Å². The third-order valence-corrected chi connectivity index (χ3v) is 10.5. The Morgan fingerprint density at radius 1 is 0.778 bits per heavy atom. The summed E-state index contributed by atoms with van der Waals surface area (Å²) >= 11 is 6.99. The minimum absolute atomic E-state index is 0.0674. The van der Waals surface area contributed by atoms with Gasteiger partial charge in [-0.15, -0.1) is 23.5 Å². The summed E-state index contributed by atoms with van der Waals surface area (Å²) in [4.78, 5) is 53.1. The van der Waals surface area contributed by atoms with Crippen LogP contribution in [0, 0.1) is 0 Å². The fourth-order valence-electron chi connectivity index (χ4n) is 3.56. The highest BCUT2D eigenvalue weighted by Crippen LogP contribution is 2.50. The molecule has 0 radical (unpaired) electrons. The molecule has 242 valence electrons. The Hall–Kier alpha value is -3.00. The molecule has 0 aromatic heterocycles. The maximum atomic E-state index is 11.8. The fourth-order valence-corrected chi connectivity index (χ4v) is 7.71. The van der Waals surface area contributed by atoms with Crippen molar-refractivity contribution in [3.63, 3.8) is 0 Å². The Kier molecular flexibility index (Phi) is 16.4. The molecule has 1 amide bonds. The van der Waals surface area contributed by atoms with E-state index in [2.05, 4.69) is 54.9 Å². The first-order valence-corrected chi connectivity index (χ1v) is 17.9. The van der Waals surface area contributed by atoms with Gasteiger partial charge in [-0.25, -0.2) is 14.4 Å². The second-order valence-corrected chi connectivity index (χ2v) is 14.0. The lowest BCUT2D eigenvalue weighted by molar-refractivity contribution is -0.145. The largest absolute Gasteiger partial charge is 0.466 e. The van der Waals surface area contributed by atoms with Gasteiger partial charge < -0.3 is 24.3 Å². The lowest BCUT2D eigenvalue weighted by Crippen LogP contribution is -2.29. The number of nitrogens with one attached hydrogen (secondary N) is 1. The number of ether oxygens (including phenoxy) is 4. The topological polar surface area (TPSA) is 117 Å². The summed E-state index contributed by atoms with van der Waals surface area (Å²) in [7, 11) is 0. The molecule has 3 rings (SSSR count). The van der Waals surface area contributed by atoms with E-state index >= 15 is 0 Å². The van der Waals surface area contributed by atoms with Crippen molar-refractivity contribution in [1.29, 1.82) is 0 Å². The molecule has 0 spiro atoms. The number of esters is 3. The van der Waals surface area contributed by atoms with E-state index in [0.717, 1.165) is 28.9 Å². The Morgan fingerprint density at radius 2 is 1.36 bits per heavy atom. The lowest BCUT2D eigenvalue weighted by atomic mass is 10.3. The predicted octanol–water partition coefficient (Wildman–Crippen LogP) is 7.16. The maximum absolute atomic E-state index is 11.8. The van der Waals surface area contributed by atoms with Crippen molar-refractivity contribution in [1.82, 2.24) is 5.32 Å². The van der Waals surface area contributed by atoms with Gasteiger partial charge in [-0.3, -0.25) is 4.79 Å². The van der Waals surface area contributed by atoms with Crippen molar-refractivity contribution >= 4 is 71.0 Å². The Bertz CT molecular complexity index is 1370. The van der Waals surface area contributed by atoms with E-state index in [1.54, 1.807) is 54.0 Å². The summed E-state index contributed by atoms with van der Waals surface area (Å²) in [5.74, 6) is 0.377. The molecule has 0 fully saturated rings. The molecule has 1 N–H and O–H groups in total. The average Bonchev–Trinajstić information content (AvgIpc) is 3.03. The Balaban J connectivity index is 1.30. The Labute approximate surface area is 281 Å². The number of benzene rings is 2. The molecule has 0 unspecified atom stereocenters. The van der Waals surface area contributed by atoms with Crippen molar-refractivity contribution in [2.24, 2.45) is 0 Å². The molecule has 1 heterocycles.